The quantitative estimate of drug-likeness (QED) is 0.366. The lowest BCUT2D eigenvalue weighted by molar-refractivity contribution is 0.728. The third-order valence-electron chi connectivity index (χ3n) is 2.59. The average Bonchev–Trinajstić information content (AvgIpc) is 2.34. The second-order valence-electron chi connectivity index (χ2n) is 4.20. The van der Waals surface area contributed by atoms with Gasteiger partial charge < -0.3 is 10.6 Å². The van der Waals surface area contributed by atoms with Gasteiger partial charge in [0.1, 0.15) is 0 Å². The van der Waals surface area contributed by atoms with Gasteiger partial charge in [0, 0.05) is 20.1 Å². The molecule has 0 heterocycles. The molecule has 0 amide bonds. The van der Waals surface area contributed by atoms with Gasteiger partial charge in [-0.2, -0.15) is 0 Å². The van der Waals surface area contributed by atoms with E-state index in [9.17, 15) is 0 Å². The third kappa shape index (κ3) is 6.83. The van der Waals surface area contributed by atoms with Crippen molar-refractivity contribution in [3.63, 3.8) is 0 Å². The molecule has 1 aromatic carbocycles. The Labute approximate surface area is 127 Å². The Morgan fingerprint density at radius 3 is 2.67 bits per heavy atom. The average molecular weight is 361 g/mol. The summed E-state index contributed by atoms with van der Waals surface area (Å²) >= 11 is 0. The Kier molecular flexibility index (Phi) is 9.73. The maximum atomic E-state index is 4.19. The topological polar surface area (TPSA) is 36.4 Å². The highest BCUT2D eigenvalue weighted by Crippen LogP contribution is 2.02. The lowest BCUT2D eigenvalue weighted by Gasteiger charge is -2.11. The zero-order chi connectivity index (χ0) is 12.5. The molecule has 1 rings (SSSR count). The van der Waals surface area contributed by atoms with Crippen LogP contribution in [0.15, 0.2) is 29.3 Å². The molecule has 0 unspecified atom stereocenters. The number of nitrogens with one attached hydrogen (secondary N) is 2. The molecule has 0 radical (unpaired) electrons. The number of unbranched alkanes of at least 4 members (excludes halogenated alkanes) is 1. The smallest absolute Gasteiger partial charge is 0.191 e. The number of guanidine groups is 1. The molecule has 0 spiro atoms. The Morgan fingerprint density at radius 1 is 1.28 bits per heavy atom. The minimum Gasteiger partial charge on any atom is -0.356 e. The van der Waals surface area contributed by atoms with Gasteiger partial charge in [0.05, 0.1) is 0 Å². The van der Waals surface area contributed by atoms with Crippen molar-refractivity contribution < 1.29 is 0 Å². The van der Waals surface area contributed by atoms with E-state index in [1.54, 1.807) is 7.05 Å². The number of hydrogen-bond donors (Lipinski definition) is 2. The van der Waals surface area contributed by atoms with E-state index in [4.69, 9.17) is 0 Å². The standard InChI is InChI=1S/C14H23N3.HI/c1-4-5-9-16-14(15-3)17-11-13-8-6-7-12(2)10-13;/h6-8,10H,4-5,9,11H2,1-3H3,(H2,15,16,17);1H. The largest absolute Gasteiger partial charge is 0.356 e. The fraction of sp³-hybridized carbons (Fsp3) is 0.500. The number of benzene rings is 1. The summed E-state index contributed by atoms with van der Waals surface area (Å²) in [6, 6.07) is 8.50. The van der Waals surface area contributed by atoms with Crippen LogP contribution >= 0.6 is 24.0 Å². The first-order valence-corrected chi connectivity index (χ1v) is 6.26. The summed E-state index contributed by atoms with van der Waals surface area (Å²) < 4.78 is 0. The zero-order valence-corrected chi connectivity index (χ0v) is 13.8. The number of aliphatic imine (C=N–C) groups is 1. The van der Waals surface area contributed by atoms with Crippen molar-refractivity contribution in [1.29, 1.82) is 0 Å². The highest BCUT2D eigenvalue weighted by atomic mass is 127. The summed E-state index contributed by atoms with van der Waals surface area (Å²) in [7, 11) is 1.80. The molecule has 0 aliphatic carbocycles. The van der Waals surface area contributed by atoms with Crippen LogP contribution < -0.4 is 10.6 Å². The fourth-order valence-electron chi connectivity index (χ4n) is 1.61. The Bertz CT molecular complexity index is 364. The Balaban J connectivity index is 0.00000289. The summed E-state index contributed by atoms with van der Waals surface area (Å²) in [5.74, 6) is 0.875. The molecule has 0 saturated heterocycles. The minimum atomic E-state index is 0. The van der Waals surface area contributed by atoms with E-state index in [1.165, 1.54) is 24.0 Å². The van der Waals surface area contributed by atoms with Crippen molar-refractivity contribution in [3.05, 3.63) is 35.4 Å². The molecule has 0 aromatic heterocycles. The van der Waals surface area contributed by atoms with Crippen LogP contribution in [0.5, 0.6) is 0 Å². The molecule has 0 fully saturated rings. The first-order chi connectivity index (χ1) is 8.26. The summed E-state index contributed by atoms with van der Waals surface area (Å²) in [6.45, 7) is 6.08. The predicted molar refractivity (Wildman–Crippen MR) is 89.7 cm³/mol. The molecule has 4 heteroatoms. The van der Waals surface area contributed by atoms with E-state index in [0.29, 0.717) is 0 Å². The van der Waals surface area contributed by atoms with Gasteiger partial charge in [0.2, 0.25) is 0 Å². The predicted octanol–water partition coefficient (Wildman–Crippen LogP) is 3.08. The maximum absolute atomic E-state index is 4.19. The molecular weight excluding hydrogens is 337 g/mol. The molecule has 0 saturated carbocycles. The lowest BCUT2D eigenvalue weighted by atomic mass is 10.1. The SMILES string of the molecule is CCCCNC(=NC)NCc1cccc(C)c1.I. The summed E-state index contributed by atoms with van der Waals surface area (Å²) in [5.41, 5.74) is 2.57. The Morgan fingerprint density at radius 2 is 2.06 bits per heavy atom. The van der Waals surface area contributed by atoms with Crippen LogP contribution in [0.25, 0.3) is 0 Å². The highest BCUT2D eigenvalue weighted by Gasteiger charge is 1.97. The summed E-state index contributed by atoms with van der Waals surface area (Å²) in [4.78, 5) is 4.19. The summed E-state index contributed by atoms with van der Waals surface area (Å²) in [6.07, 6.45) is 2.37. The van der Waals surface area contributed by atoms with Gasteiger partial charge in [-0.3, -0.25) is 4.99 Å². The first kappa shape index (κ1) is 17.2. The van der Waals surface area contributed by atoms with Gasteiger partial charge in [0.25, 0.3) is 0 Å². The molecule has 0 bridgehead atoms. The van der Waals surface area contributed by atoms with Crippen LogP contribution in [-0.2, 0) is 6.54 Å². The lowest BCUT2D eigenvalue weighted by Crippen LogP contribution is -2.37. The van der Waals surface area contributed by atoms with E-state index >= 15 is 0 Å². The van der Waals surface area contributed by atoms with Crippen LogP contribution in [0.4, 0.5) is 0 Å². The van der Waals surface area contributed by atoms with E-state index < -0.39 is 0 Å². The van der Waals surface area contributed by atoms with Gasteiger partial charge in [-0.25, -0.2) is 0 Å². The van der Waals surface area contributed by atoms with Crippen LogP contribution in [-0.4, -0.2) is 19.6 Å². The molecule has 102 valence electrons. The van der Waals surface area contributed by atoms with Gasteiger partial charge in [-0.05, 0) is 18.9 Å². The maximum Gasteiger partial charge on any atom is 0.191 e. The van der Waals surface area contributed by atoms with Crippen LogP contribution in [0.2, 0.25) is 0 Å². The van der Waals surface area contributed by atoms with Crippen molar-refractivity contribution in [2.24, 2.45) is 4.99 Å². The normalized spacial score (nSPS) is 10.7. The summed E-state index contributed by atoms with van der Waals surface area (Å²) in [5, 5.41) is 6.60. The molecule has 0 aliphatic heterocycles. The first-order valence-electron chi connectivity index (χ1n) is 6.26. The van der Waals surface area contributed by atoms with Gasteiger partial charge in [0.15, 0.2) is 5.96 Å². The van der Waals surface area contributed by atoms with E-state index in [1.807, 2.05) is 0 Å². The zero-order valence-electron chi connectivity index (χ0n) is 11.5. The molecule has 18 heavy (non-hydrogen) atoms. The second kappa shape index (κ2) is 10.2. The number of aryl methyl sites for hydroxylation is 1. The second-order valence-corrected chi connectivity index (χ2v) is 4.20. The number of hydrogen-bond acceptors (Lipinski definition) is 1. The van der Waals surface area contributed by atoms with Gasteiger partial charge in [-0.1, -0.05) is 43.2 Å². The molecule has 2 N–H and O–H groups in total. The van der Waals surface area contributed by atoms with Crippen molar-refractivity contribution in [1.82, 2.24) is 10.6 Å². The van der Waals surface area contributed by atoms with E-state index in [0.717, 1.165) is 19.0 Å². The number of nitrogens with zero attached hydrogens (tertiary/aromatic N) is 1. The van der Waals surface area contributed by atoms with Crippen molar-refractivity contribution in [2.45, 2.75) is 33.2 Å². The number of rotatable bonds is 5. The van der Waals surface area contributed by atoms with Gasteiger partial charge in [-0.15, -0.1) is 24.0 Å². The highest BCUT2D eigenvalue weighted by molar-refractivity contribution is 14.0. The molecular formula is C14H24IN3. The van der Waals surface area contributed by atoms with Crippen LogP contribution in [0.1, 0.15) is 30.9 Å². The molecule has 3 nitrogen and oxygen atoms in total. The third-order valence-corrected chi connectivity index (χ3v) is 2.59. The van der Waals surface area contributed by atoms with Crippen molar-refractivity contribution in [2.75, 3.05) is 13.6 Å². The van der Waals surface area contributed by atoms with Gasteiger partial charge >= 0.3 is 0 Å². The molecule has 0 atom stereocenters. The van der Waals surface area contributed by atoms with Crippen molar-refractivity contribution >= 4 is 29.9 Å². The Hall–Kier alpha value is -0.780. The molecule has 1 aromatic rings. The monoisotopic (exact) mass is 361 g/mol. The molecule has 0 aliphatic rings. The minimum absolute atomic E-state index is 0. The number of halogens is 1. The van der Waals surface area contributed by atoms with E-state index in [2.05, 4.69) is 53.7 Å². The fourth-order valence-corrected chi connectivity index (χ4v) is 1.61. The van der Waals surface area contributed by atoms with Crippen LogP contribution in [0.3, 0.4) is 0 Å². The van der Waals surface area contributed by atoms with Crippen LogP contribution in [0, 0.1) is 6.92 Å². The van der Waals surface area contributed by atoms with E-state index in [-0.39, 0.29) is 24.0 Å². The van der Waals surface area contributed by atoms with Crippen molar-refractivity contribution in [3.8, 4) is 0 Å².